The number of alkyl halides is 2. The Balaban J connectivity index is 2.51. The van der Waals surface area contributed by atoms with E-state index in [0.717, 1.165) is 0 Å². The first-order valence-corrected chi connectivity index (χ1v) is 3.89. The standard InChI is InChI=1S/C3H5F2O4P/c4-3(5)2-1-8-10(6,7)9-2/h2-3H,1H2,(H,6,7)/p-1. The van der Waals surface area contributed by atoms with Gasteiger partial charge in [-0.1, -0.05) is 0 Å². The Bertz CT molecular complexity index is 172. The number of phosphoric acid groups is 1. The summed E-state index contributed by atoms with van der Waals surface area (Å²) < 4.78 is 41.2. The fraction of sp³-hybridized carbons (Fsp3) is 1.00. The highest BCUT2D eigenvalue weighted by molar-refractivity contribution is 7.46. The number of phosphoric ester groups is 1. The average Bonchev–Trinajstić information content (AvgIpc) is 2.10. The quantitative estimate of drug-likeness (QED) is 0.529. The lowest BCUT2D eigenvalue weighted by Crippen LogP contribution is -2.19. The molecule has 0 radical (unpaired) electrons. The third-order valence-corrected chi connectivity index (χ3v) is 1.94. The fourth-order valence-electron chi connectivity index (χ4n) is 0.510. The summed E-state index contributed by atoms with van der Waals surface area (Å²) in [5, 5.41) is 0. The Kier molecular flexibility index (Phi) is 2.05. The summed E-state index contributed by atoms with van der Waals surface area (Å²) in [6.07, 6.45) is -4.44. The summed E-state index contributed by atoms with van der Waals surface area (Å²) in [7, 11) is -4.38. The number of hydrogen-bond acceptors (Lipinski definition) is 4. The zero-order chi connectivity index (χ0) is 7.78. The number of rotatable bonds is 1. The third-order valence-electron chi connectivity index (χ3n) is 0.942. The van der Waals surface area contributed by atoms with Crippen LogP contribution in [0.15, 0.2) is 0 Å². The first kappa shape index (κ1) is 8.07. The van der Waals surface area contributed by atoms with Crippen LogP contribution < -0.4 is 4.89 Å². The van der Waals surface area contributed by atoms with Crippen molar-refractivity contribution in [2.24, 2.45) is 0 Å². The van der Waals surface area contributed by atoms with Crippen molar-refractivity contribution >= 4 is 7.82 Å². The molecule has 0 aromatic rings. The van der Waals surface area contributed by atoms with Crippen molar-refractivity contribution in [1.29, 1.82) is 0 Å². The molecule has 0 amide bonds. The van der Waals surface area contributed by atoms with E-state index in [1.54, 1.807) is 0 Å². The summed E-state index contributed by atoms with van der Waals surface area (Å²) in [5.74, 6) is 0. The van der Waals surface area contributed by atoms with E-state index in [1.807, 2.05) is 0 Å². The molecule has 0 spiro atoms. The van der Waals surface area contributed by atoms with Gasteiger partial charge in [-0.2, -0.15) is 0 Å². The van der Waals surface area contributed by atoms with Gasteiger partial charge in [0.25, 0.3) is 14.2 Å². The SMILES string of the molecule is O=P1([O-])OCC(C(F)F)O1. The molecule has 1 rings (SSSR count). The molecule has 1 aliphatic heterocycles. The van der Waals surface area contributed by atoms with Crippen molar-refractivity contribution in [3.05, 3.63) is 0 Å². The van der Waals surface area contributed by atoms with Crippen LogP contribution in [-0.2, 0) is 13.6 Å². The van der Waals surface area contributed by atoms with Gasteiger partial charge < -0.3 is 13.9 Å². The summed E-state index contributed by atoms with van der Waals surface area (Å²) in [5.41, 5.74) is 0. The van der Waals surface area contributed by atoms with Crippen molar-refractivity contribution in [3.8, 4) is 0 Å². The molecule has 1 fully saturated rings. The van der Waals surface area contributed by atoms with Crippen LogP contribution in [-0.4, -0.2) is 19.1 Å². The molecule has 2 unspecified atom stereocenters. The molecule has 0 aliphatic carbocycles. The molecule has 4 nitrogen and oxygen atoms in total. The second-order valence-electron chi connectivity index (χ2n) is 1.72. The van der Waals surface area contributed by atoms with E-state index in [0.29, 0.717) is 0 Å². The highest BCUT2D eigenvalue weighted by Crippen LogP contribution is 2.46. The smallest absolute Gasteiger partial charge is 0.268 e. The predicted molar refractivity (Wildman–Crippen MR) is 24.4 cm³/mol. The zero-order valence-corrected chi connectivity index (χ0v) is 5.59. The van der Waals surface area contributed by atoms with Crippen molar-refractivity contribution in [1.82, 2.24) is 0 Å². The summed E-state index contributed by atoms with van der Waals surface area (Å²) >= 11 is 0. The maximum Gasteiger partial charge on any atom is 0.268 e. The normalized spacial score (nSPS) is 41.0. The van der Waals surface area contributed by atoms with Crippen LogP contribution in [0.1, 0.15) is 0 Å². The lowest BCUT2D eigenvalue weighted by atomic mass is 10.4. The van der Waals surface area contributed by atoms with Crippen LogP contribution in [0.5, 0.6) is 0 Å². The minimum absolute atomic E-state index is 0.585. The molecule has 2 atom stereocenters. The molecule has 60 valence electrons. The topological polar surface area (TPSA) is 58.6 Å². The minimum atomic E-state index is -4.38. The van der Waals surface area contributed by atoms with Gasteiger partial charge in [-0.3, -0.25) is 4.57 Å². The highest BCUT2D eigenvalue weighted by Gasteiger charge is 2.33. The zero-order valence-electron chi connectivity index (χ0n) is 4.70. The fourth-order valence-corrected chi connectivity index (χ4v) is 1.39. The van der Waals surface area contributed by atoms with E-state index in [9.17, 15) is 18.2 Å². The van der Waals surface area contributed by atoms with E-state index in [2.05, 4.69) is 9.05 Å². The maximum atomic E-state index is 11.6. The molecular weight excluding hydrogens is 169 g/mol. The monoisotopic (exact) mass is 173 g/mol. The molecule has 10 heavy (non-hydrogen) atoms. The van der Waals surface area contributed by atoms with Gasteiger partial charge in [0.2, 0.25) is 0 Å². The Morgan fingerprint density at radius 3 is 2.50 bits per heavy atom. The van der Waals surface area contributed by atoms with Crippen LogP contribution in [0.25, 0.3) is 0 Å². The van der Waals surface area contributed by atoms with Crippen LogP contribution in [0.3, 0.4) is 0 Å². The predicted octanol–water partition coefficient (Wildman–Crippen LogP) is 0.135. The minimum Gasteiger partial charge on any atom is -0.756 e. The van der Waals surface area contributed by atoms with Gasteiger partial charge in [0.05, 0.1) is 6.61 Å². The first-order valence-electron chi connectivity index (χ1n) is 2.43. The third kappa shape index (κ3) is 1.73. The van der Waals surface area contributed by atoms with Crippen molar-refractivity contribution in [2.45, 2.75) is 12.5 Å². The number of halogens is 2. The lowest BCUT2D eigenvalue weighted by molar-refractivity contribution is -0.216. The summed E-state index contributed by atoms with van der Waals surface area (Å²) in [6.45, 7) is -0.585. The largest absolute Gasteiger partial charge is 0.756 e. The van der Waals surface area contributed by atoms with Gasteiger partial charge >= 0.3 is 0 Å². The van der Waals surface area contributed by atoms with Crippen LogP contribution in [0.2, 0.25) is 0 Å². The molecular formula is C3H4F2O4P-. The first-order chi connectivity index (χ1) is 4.51. The molecule has 1 heterocycles. The van der Waals surface area contributed by atoms with E-state index >= 15 is 0 Å². The molecule has 0 saturated carbocycles. The maximum absolute atomic E-state index is 11.6. The van der Waals surface area contributed by atoms with Crippen LogP contribution in [0, 0.1) is 0 Å². The van der Waals surface area contributed by atoms with E-state index in [4.69, 9.17) is 0 Å². The van der Waals surface area contributed by atoms with Crippen molar-refractivity contribution < 1.29 is 27.3 Å². The Morgan fingerprint density at radius 1 is 1.70 bits per heavy atom. The van der Waals surface area contributed by atoms with Gasteiger partial charge in [0, 0.05) is 0 Å². The van der Waals surface area contributed by atoms with Gasteiger partial charge in [0.15, 0.2) is 6.10 Å². The molecule has 0 bridgehead atoms. The van der Waals surface area contributed by atoms with E-state index in [1.165, 1.54) is 0 Å². The van der Waals surface area contributed by atoms with Gasteiger partial charge in [-0.05, 0) is 0 Å². The van der Waals surface area contributed by atoms with Gasteiger partial charge in [0.1, 0.15) is 0 Å². The Morgan fingerprint density at radius 2 is 2.30 bits per heavy atom. The Hall–Kier alpha value is -0.0300. The average molecular weight is 173 g/mol. The molecule has 0 N–H and O–H groups in total. The summed E-state index contributed by atoms with van der Waals surface area (Å²) in [6, 6.07) is 0. The van der Waals surface area contributed by atoms with Gasteiger partial charge in [-0.15, -0.1) is 0 Å². The molecule has 7 heteroatoms. The van der Waals surface area contributed by atoms with Crippen LogP contribution in [0.4, 0.5) is 8.78 Å². The second-order valence-corrected chi connectivity index (χ2v) is 3.08. The van der Waals surface area contributed by atoms with E-state index < -0.39 is 27.0 Å². The molecule has 0 aromatic carbocycles. The molecule has 0 aromatic heterocycles. The lowest BCUT2D eigenvalue weighted by Gasteiger charge is -2.13. The van der Waals surface area contributed by atoms with Crippen LogP contribution >= 0.6 is 7.82 Å². The molecule has 1 saturated heterocycles. The summed E-state index contributed by atoms with van der Waals surface area (Å²) in [4.78, 5) is 10.2. The van der Waals surface area contributed by atoms with E-state index in [-0.39, 0.29) is 0 Å². The second kappa shape index (κ2) is 2.54. The molecule has 1 aliphatic rings. The van der Waals surface area contributed by atoms with Crippen molar-refractivity contribution in [2.75, 3.05) is 6.61 Å². The number of hydrogen-bond donors (Lipinski definition) is 0. The van der Waals surface area contributed by atoms with Crippen molar-refractivity contribution in [3.63, 3.8) is 0 Å². The van der Waals surface area contributed by atoms with Gasteiger partial charge in [-0.25, -0.2) is 8.78 Å². The Labute approximate surface area is 55.4 Å². The highest BCUT2D eigenvalue weighted by atomic mass is 31.2.